The van der Waals surface area contributed by atoms with E-state index in [1.165, 1.54) is 25.7 Å². The Morgan fingerprint density at radius 3 is 2.44 bits per heavy atom. The van der Waals surface area contributed by atoms with Gasteiger partial charge in [-0.15, -0.1) is 0 Å². The van der Waals surface area contributed by atoms with Gasteiger partial charge in [0.25, 0.3) is 0 Å². The van der Waals surface area contributed by atoms with E-state index in [9.17, 15) is 8.42 Å². The van der Waals surface area contributed by atoms with Crippen molar-refractivity contribution in [2.75, 3.05) is 36.0 Å². The topological polar surface area (TPSA) is 134 Å². The lowest BCUT2D eigenvalue weighted by Crippen LogP contribution is -2.54. The van der Waals surface area contributed by atoms with Crippen molar-refractivity contribution in [1.82, 2.24) is 20.2 Å². The van der Waals surface area contributed by atoms with Gasteiger partial charge in [-0.3, -0.25) is 4.90 Å². The molecule has 2 aliphatic heterocycles. The lowest BCUT2D eigenvalue weighted by atomic mass is 9.93. The highest BCUT2D eigenvalue weighted by molar-refractivity contribution is 7.92. The predicted molar refractivity (Wildman–Crippen MR) is 174 cm³/mol. The number of nitrogens with two attached hydrogens (primary N) is 1. The smallest absolute Gasteiger partial charge is 0.231 e. The Bertz CT molecular complexity index is 1500. The zero-order valence-corrected chi connectivity index (χ0v) is 26.6. The van der Waals surface area contributed by atoms with Crippen molar-refractivity contribution in [3.63, 3.8) is 0 Å². The molecule has 2 saturated heterocycles. The average molecular weight is 628 g/mol. The number of sulfone groups is 1. The minimum Gasteiger partial charge on any atom is -0.489 e. The van der Waals surface area contributed by atoms with E-state index < -0.39 is 15.1 Å². The van der Waals surface area contributed by atoms with E-state index in [0.717, 1.165) is 37.5 Å². The monoisotopic (exact) mass is 627 g/mol. The molecule has 5 rings (SSSR count). The van der Waals surface area contributed by atoms with Crippen molar-refractivity contribution in [3.8, 4) is 5.75 Å². The van der Waals surface area contributed by atoms with Gasteiger partial charge in [0.1, 0.15) is 22.7 Å². The highest BCUT2D eigenvalue weighted by Crippen LogP contribution is 2.34. The second-order valence-corrected chi connectivity index (χ2v) is 14.4. The van der Waals surface area contributed by atoms with E-state index in [0.29, 0.717) is 17.8 Å². The second-order valence-electron chi connectivity index (χ2n) is 11.6. The Kier molecular flexibility index (Phi) is 9.95. The minimum atomic E-state index is -3.55. The molecule has 0 radical (unpaired) electrons. The lowest BCUT2D eigenvalue weighted by molar-refractivity contribution is 0.0119. The summed E-state index contributed by atoms with van der Waals surface area (Å²) in [6.45, 7) is 8.78. The maximum atomic E-state index is 12.9. The summed E-state index contributed by atoms with van der Waals surface area (Å²) in [5, 5.41) is 9.20. The molecule has 2 aromatic carbocycles. The number of anilines is 5. The number of nitrogens with one attached hydrogen (secondary N) is 3. The fraction of sp³-hybridized carbons (Fsp3) is 0.484. The number of likely N-dealkylation sites (tertiary alicyclic amines) is 1. The van der Waals surface area contributed by atoms with E-state index >= 15 is 0 Å². The number of para-hydroxylation sites is 1. The summed E-state index contributed by atoms with van der Waals surface area (Å²) in [6, 6.07) is 15.3. The van der Waals surface area contributed by atoms with Crippen LogP contribution < -0.4 is 26.4 Å². The molecule has 43 heavy (non-hydrogen) atoms. The molecule has 0 saturated carbocycles. The summed E-state index contributed by atoms with van der Waals surface area (Å²) in [5.74, 6) is 1.28. The summed E-state index contributed by atoms with van der Waals surface area (Å²) in [6.07, 6.45) is 6.12. The fourth-order valence-corrected chi connectivity index (χ4v) is 7.25. The van der Waals surface area contributed by atoms with Crippen LogP contribution in [-0.2, 0) is 9.84 Å². The molecule has 10 nitrogen and oxygen atoms in total. The highest BCUT2D eigenvalue weighted by atomic mass is 35.5. The van der Waals surface area contributed by atoms with E-state index in [2.05, 4.69) is 37.7 Å². The number of piperidine rings is 2. The van der Waals surface area contributed by atoms with Crippen LogP contribution in [0.3, 0.4) is 0 Å². The van der Waals surface area contributed by atoms with Gasteiger partial charge in [-0.2, -0.15) is 9.97 Å². The number of hydrogen-bond acceptors (Lipinski definition) is 10. The van der Waals surface area contributed by atoms with Gasteiger partial charge in [-0.25, -0.2) is 8.42 Å². The quantitative estimate of drug-likeness (QED) is 0.220. The molecular weight excluding hydrogens is 586 g/mol. The van der Waals surface area contributed by atoms with Gasteiger partial charge in [0.2, 0.25) is 5.95 Å². The molecule has 0 amide bonds. The molecule has 0 aliphatic carbocycles. The maximum absolute atomic E-state index is 12.9. The van der Waals surface area contributed by atoms with Crippen LogP contribution in [0.15, 0.2) is 53.4 Å². The molecular formula is C31H42ClN7O3S. The van der Waals surface area contributed by atoms with Gasteiger partial charge < -0.3 is 26.4 Å². The van der Waals surface area contributed by atoms with Crippen molar-refractivity contribution in [3.05, 3.63) is 53.6 Å². The van der Waals surface area contributed by atoms with E-state index in [1.807, 2.05) is 24.3 Å². The third kappa shape index (κ3) is 7.34. The van der Waals surface area contributed by atoms with Gasteiger partial charge in [-0.1, -0.05) is 30.2 Å². The molecule has 3 aromatic rings. The molecule has 2 fully saturated rings. The number of nitrogens with zero attached hydrogens (tertiary/aromatic N) is 3. The Hall–Kier alpha value is -3.12. The van der Waals surface area contributed by atoms with Crippen LogP contribution in [0, 0.1) is 0 Å². The fourth-order valence-electron chi connectivity index (χ4n) is 5.92. The first-order chi connectivity index (χ1) is 20.6. The number of hydrogen-bond donors (Lipinski definition) is 4. The van der Waals surface area contributed by atoms with Crippen LogP contribution >= 0.6 is 11.6 Å². The highest BCUT2D eigenvalue weighted by Gasteiger charge is 2.34. The largest absolute Gasteiger partial charge is 0.489 e. The Morgan fingerprint density at radius 2 is 1.72 bits per heavy atom. The SMILES string of the molecule is CC(Oc1ccc(Nc2nc(N)c(Cl)c(Nc3ccccc3S(=O)(=O)C(C)C)n2)cc1)C1CCCCN1C1CCNCC1. The van der Waals surface area contributed by atoms with Gasteiger partial charge in [-0.05, 0) is 102 Å². The van der Waals surface area contributed by atoms with Crippen LogP contribution in [0.1, 0.15) is 52.9 Å². The van der Waals surface area contributed by atoms with Crippen molar-refractivity contribution in [1.29, 1.82) is 0 Å². The first kappa shape index (κ1) is 31.3. The first-order valence-electron chi connectivity index (χ1n) is 15.1. The Balaban J connectivity index is 1.27. The van der Waals surface area contributed by atoms with Gasteiger partial charge in [0.15, 0.2) is 15.7 Å². The van der Waals surface area contributed by atoms with Crippen LogP contribution in [0.5, 0.6) is 5.75 Å². The summed E-state index contributed by atoms with van der Waals surface area (Å²) in [7, 11) is -3.55. The molecule has 0 spiro atoms. The standard InChI is InChI=1S/C31H42ClN7O3S/c1-20(2)43(40,41)27-10-5-4-8-25(27)36-30-28(32)29(33)37-31(38-30)35-22-11-13-24(14-12-22)42-21(3)26-9-6-7-19-39(26)23-15-17-34-18-16-23/h4-5,8,10-14,20-21,23,26,34H,6-7,9,15-19H2,1-3H3,(H4,33,35,36,37,38). The second kappa shape index (κ2) is 13.7. The van der Waals surface area contributed by atoms with Crippen molar-refractivity contribution in [2.24, 2.45) is 0 Å². The molecule has 232 valence electrons. The van der Waals surface area contributed by atoms with Gasteiger partial charge in [0.05, 0.1) is 15.8 Å². The number of aromatic nitrogens is 2. The predicted octanol–water partition coefficient (Wildman–Crippen LogP) is 5.76. The van der Waals surface area contributed by atoms with E-state index in [1.54, 1.807) is 38.1 Å². The molecule has 2 unspecified atom stereocenters. The van der Waals surface area contributed by atoms with Gasteiger partial charge in [0, 0.05) is 17.8 Å². The van der Waals surface area contributed by atoms with Crippen LogP contribution in [-0.4, -0.2) is 66.4 Å². The van der Waals surface area contributed by atoms with E-state index in [4.69, 9.17) is 22.1 Å². The first-order valence-corrected chi connectivity index (χ1v) is 17.0. The summed E-state index contributed by atoms with van der Waals surface area (Å²) in [4.78, 5) is 11.6. The molecule has 2 atom stereocenters. The van der Waals surface area contributed by atoms with Crippen molar-refractivity contribution < 1.29 is 13.2 Å². The molecule has 5 N–H and O–H groups in total. The molecule has 3 heterocycles. The van der Waals surface area contributed by atoms with Crippen molar-refractivity contribution >= 4 is 50.4 Å². The van der Waals surface area contributed by atoms with Crippen LogP contribution in [0.2, 0.25) is 5.02 Å². The van der Waals surface area contributed by atoms with Crippen LogP contribution in [0.25, 0.3) is 0 Å². The summed E-state index contributed by atoms with van der Waals surface area (Å²) >= 11 is 6.43. The summed E-state index contributed by atoms with van der Waals surface area (Å²) in [5.41, 5.74) is 7.20. The van der Waals surface area contributed by atoms with Gasteiger partial charge >= 0.3 is 0 Å². The lowest BCUT2D eigenvalue weighted by Gasteiger charge is -2.45. The van der Waals surface area contributed by atoms with Crippen LogP contribution in [0.4, 0.5) is 29.0 Å². The normalized spacial score (nSPS) is 19.2. The molecule has 2 aliphatic rings. The number of rotatable bonds is 10. The maximum Gasteiger partial charge on any atom is 0.231 e. The zero-order chi connectivity index (χ0) is 30.6. The summed E-state index contributed by atoms with van der Waals surface area (Å²) < 4.78 is 32.3. The molecule has 1 aromatic heterocycles. The molecule has 0 bridgehead atoms. The molecule has 12 heteroatoms. The number of halogens is 1. The number of ether oxygens (including phenoxy) is 1. The third-order valence-electron chi connectivity index (χ3n) is 8.29. The number of benzene rings is 2. The third-order valence-corrected chi connectivity index (χ3v) is 10.9. The minimum absolute atomic E-state index is 0.0606. The van der Waals surface area contributed by atoms with E-state index in [-0.39, 0.29) is 33.6 Å². The average Bonchev–Trinajstić information content (AvgIpc) is 3.01. The Labute approximate surface area is 259 Å². The number of nitrogen functional groups attached to an aromatic ring is 1. The zero-order valence-electron chi connectivity index (χ0n) is 25.0. The van der Waals surface area contributed by atoms with Crippen molar-refractivity contribution in [2.45, 2.75) is 81.2 Å². The Morgan fingerprint density at radius 1 is 1.00 bits per heavy atom.